The molecule has 9 rings (SSSR count). The lowest BCUT2D eigenvalue weighted by atomic mass is 9.95. The number of carbonyl (C=O) groups is 2. The minimum atomic E-state index is -1.07. The summed E-state index contributed by atoms with van der Waals surface area (Å²) in [6.07, 6.45) is 0.745. The van der Waals surface area contributed by atoms with Gasteiger partial charge in [-0.05, 0) is 18.1 Å². The van der Waals surface area contributed by atoms with Crippen molar-refractivity contribution < 1.29 is 14.7 Å². The van der Waals surface area contributed by atoms with Gasteiger partial charge in [0, 0.05) is 41.3 Å². The second-order valence-corrected chi connectivity index (χ2v) is 14.3. The predicted molar refractivity (Wildman–Crippen MR) is 214 cm³/mol. The third-order valence-electron chi connectivity index (χ3n) is 10.1. The van der Waals surface area contributed by atoms with Crippen LogP contribution in [0.5, 0.6) is 0 Å². The molecule has 1 atom stereocenters. The zero-order valence-corrected chi connectivity index (χ0v) is 31.1. The number of halogens is 2. The molecule has 0 radical (unpaired) electrons. The molecular formula is C42H31Cl2N9O3. The molecule has 1 unspecified atom stereocenters. The van der Waals surface area contributed by atoms with Crippen molar-refractivity contribution in [2.45, 2.75) is 25.4 Å². The van der Waals surface area contributed by atoms with Gasteiger partial charge in [0.2, 0.25) is 5.91 Å². The topological polar surface area (TPSA) is 145 Å². The maximum atomic E-state index is 14.0. The monoisotopic (exact) mass is 779 g/mol. The van der Waals surface area contributed by atoms with Crippen LogP contribution in [-0.4, -0.2) is 74.9 Å². The highest BCUT2D eigenvalue weighted by molar-refractivity contribution is 6.39. The first-order valence-corrected chi connectivity index (χ1v) is 18.7. The SMILES string of the molecule is O=C(O)Cn1nc(-c2cccc(C3CCN(C(=O)Cn4nc(-c5ccccc5)c5c(Cl)c(-c6ccccc6)nnc54)C3)c2)c2c(Cl)c(-c3ccccc3)nnc21. The van der Waals surface area contributed by atoms with E-state index in [0.29, 0.717) is 62.3 Å². The fourth-order valence-corrected chi connectivity index (χ4v) is 8.01. The Morgan fingerprint density at radius 3 is 1.62 bits per heavy atom. The molecule has 1 amide bonds. The van der Waals surface area contributed by atoms with E-state index >= 15 is 0 Å². The second-order valence-electron chi connectivity index (χ2n) is 13.6. The minimum absolute atomic E-state index is 0.0396. The fourth-order valence-electron chi connectivity index (χ4n) is 7.37. The van der Waals surface area contributed by atoms with E-state index < -0.39 is 12.5 Å². The molecular weight excluding hydrogens is 749 g/mol. The number of carboxylic acid groups (broad SMARTS) is 1. The summed E-state index contributed by atoms with van der Waals surface area (Å²) in [7, 11) is 0. The van der Waals surface area contributed by atoms with Crippen LogP contribution >= 0.6 is 23.2 Å². The Labute approximate surface area is 330 Å². The van der Waals surface area contributed by atoms with Crippen molar-refractivity contribution in [2.24, 2.45) is 0 Å². The van der Waals surface area contributed by atoms with Gasteiger partial charge in [-0.15, -0.1) is 20.4 Å². The van der Waals surface area contributed by atoms with Gasteiger partial charge in [-0.1, -0.05) is 132 Å². The Morgan fingerprint density at radius 2 is 1.09 bits per heavy atom. The number of carbonyl (C=O) groups excluding carboxylic acids is 1. The Morgan fingerprint density at radius 1 is 0.607 bits per heavy atom. The molecule has 0 bridgehead atoms. The van der Waals surface area contributed by atoms with E-state index in [-0.39, 0.29) is 24.0 Å². The van der Waals surface area contributed by atoms with Gasteiger partial charge >= 0.3 is 5.97 Å². The maximum absolute atomic E-state index is 14.0. The second kappa shape index (κ2) is 14.6. The third-order valence-corrected chi connectivity index (χ3v) is 10.8. The predicted octanol–water partition coefficient (Wildman–Crippen LogP) is 8.04. The molecule has 5 heterocycles. The van der Waals surface area contributed by atoms with Crippen molar-refractivity contribution in [2.75, 3.05) is 13.1 Å². The Bertz CT molecular complexity index is 2780. The molecule has 14 heteroatoms. The number of aromatic nitrogens is 8. The Balaban J connectivity index is 1.01. The van der Waals surface area contributed by atoms with E-state index in [1.54, 1.807) is 4.68 Å². The summed E-state index contributed by atoms with van der Waals surface area (Å²) >= 11 is 14.1. The number of fused-ring (bicyclic) bond motifs is 2. The van der Waals surface area contributed by atoms with Crippen molar-refractivity contribution in [1.82, 2.24) is 44.9 Å². The number of hydrogen-bond donors (Lipinski definition) is 1. The average Bonchev–Trinajstić information content (AvgIpc) is 3.96. The molecule has 4 aromatic carbocycles. The fraction of sp³-hybridized carbons (Fsp3) is 0.143. The van der Waals surface area contributed by atoms with Crippen LogP contribution in [0, 0.1) is 0 Å². The standard InChI is InChI=1S/C42H31Cl2N9O3/c43-35-33-37(25-11-4-1-5-12-25)49-52(41(33)47-45-39(35)26-13-6-2-7-14-26)23-31(54)51-20-19-30(22-51)28-17-10-18-29(21-28)38-34-36(44)40(27-15-8-3-9-16-27)46-48-42(34)53(50-38)24-32(55)56/h1-18,21,30H,19-20,22-24H2,(H,55,56). The molecule has 56 heavy (non-hydrogen) atoms. The molecule has 1 fully saturated rings. The van der Waals surface area contributed by atoms with Crippen molar-refractivity contribution in [3.8, 4) is 45.0 Å². The van der Waals surface area contributed by atoms with Gasteiger partial charge < -0.3 is 10.0 Å². The van der Waals surface area contributed by atoms with Gasteiger partial charge in [0.05, 0.1) is 20.8 Å². The summed E-state index contributed by atoms with van der Waals surface area (Å²) in [6, 6.07) is 36.7. The Hall–Kier alpha value is -6.50. The van der Waals surface area contributed by atoms with Crippen molar-refractivity contribution in [3.63, 3.8) is 0 Å². The van der Waals surface area contributed by atoms with E-state index in [1.807, 2.05) is 120 Å². The quantitative estimate of drug-likeness (QED) is 0.154. The normalized spacial score (nSPS) is 14.2. The zero-order valence-electron chi connectivity index (χ0n) is 29.6. The molecule has 0 spiro atoms. The highest BCUT2D eigenvalue weighted by Crippen LogP contribution is 2.40. The van der Waals surface area contributed by atoms with Crippen LogP contribution in [-0.2, 0) is 22.7 Å². The summed E-state index contributed by atoms with van der Waals surface area (Å²) in [5.41, 5.74) is 7.07. The largest absolute Gasteiger partial charge is 0.480 e. The molecule has 12 nitrogen and oxygen atoms in total. The smallest absolute Gasteiger partial charge is 0.325 e. The molecule has 8 aromatic rings. The molecule has 4 aromatic heterocycles. The number of hydrogen-bond acceptors (Lipinski definition) is 8. The van der Waals surface area contributed by atoms with Crippen LogP contribution < -0.4 is 0 Å². The van der Waals surface area contributed by atoms with E-state index in [2.05, 4.69) is 25.5 Å². The van der Waals surface area contributed by atoms with Gasteiger partial charge in [-0.3, -0.25) is 9.59 Å². The third kappa shape index (κ3) is 6.42. The van der Waals surface area contributed by atoms with Gasteiger partial charge in [0.1, 0.15) is 35.9 Å². The number of aliphatic carboxylic acids is 1. The van der Waals surface area contributed by atoms with E-state index in [0.717, 1.165) is 34.2 Å². The first kappa shape index (κ1) is 35.2. The maximum Gasteiger partial charge on any atom is 0.325 e. The van der Waals surface area contributed by atoms with Gasteiger partial charge in [-0.2, -0.15) is 10.2 Å². The molecule has 1 aliphatic rings. The van der Waals surface area contributed by atoms with Crippen molar-refractivity contribution in [1.29, 1.82) is 0 Å². The first-order chi connectivity index (χ1) is 27.3. The van der Waals surface area contributed by atoms with Crippen LogP contribution in [0.3, 0.4) is 0 Å². The number of amides is 1. The van der Waals surface area contributed by atoms with Gasteiger partial charge in [0.25, 0.3) is 0 Å². The van der Waals surface area contributed by atoms with Crippen LogP contribution in [0.2, 0.25) is 10.0 Å². The lowest BCUT2D eigenvalue weighted by molar-refractivity contribution is -0.137. The summed E-state index contributed by atoms with van der Waals surface area (Å²) in [6.45, 7) is 0.606. The van der Waals surface area contributed by atoms with Crippen LogP contribution in [0.15, 0.2) is 115 Å². The lowest BCUT2D eigenvalue weighted by Crippen LogP contribution is -2.32. The molecule has 1 aliphatic heterocycles. The van der Waals surface area contributed by atoms with Crippen LogP contribution in [0.1, 0.15) is 17.9 Å². The Kier molecular flexibility index (Phi) is 9.20. The molecule has 0 aliphatic carbocycles. The van der Waals surface area contributed by atoms with Crippen LogP contribution in [0.4, 0.5) is 0 Å². The highest BCUT2D eigenvalue weighted by Gasteiger charge is 2.30. The molecule has 1 N–H and O–H groups in total. The summed E-state index contributed by atoms with van der Waals surface area (Å²) in [5.74, 6) is -1.13. The van der Waals surface area contributed by atoms with Crippen molar-refractivity contribution in [3.05, 3.63) is 131 Å². The van der Waals surface area contributed by atoms with Gasteiger partial charge in [0.15, 0.2) is 11.3 Å². The number of benzene rings is 4. The summed E-state index contributed by atoms with van der Waals surface area (Å²) in [4.78, 5) is 27.6. The average molecular weight is 781 g/mol. The summed E-state index contributed by atoms with van der Waals surface area (Å²) < 4.78 is 2.90. The van der Waals surface area contributed by atoms with Crippen molar-refractivity contribution >= 4 is 57.1 Å². The van der Waals surface area contributed by atoms with Gasteiger partial charge in [-0.25, -0.2) is 9.36 Å². The molecule has 276 valence electrons. The first-order valence-electron chi connectivity index (χ1n) is 18.0. The number of likely N-dealkylation sites (tertiary alicyclic amines) is 1. The summed E-state index contributed by atoms with van der Waals surface area (Å²) in [5, 5.41) is 38.9. The van der Waals surface area contributed by atoms with E-state index in [4.69, 9.17) is 28.3 Å². The highest BCUT2D eigenvalue weighted by atomic mass is 35.5. The zero-order chi connectivity index (χ0) is 38.3. The number of carboxylic acids is 1. The van der Waals surface area contributed by atoms with E-state index in [9.17, 15) is 14.7 Å². The number of rotatable bonds is 9. The van der Waals surface area contributed by atoms with Crippen LogP contribution in [0.25, 0.3) is 67.1 Å². The number of nitrogens with zero attached hydrogens (tertiary/aromatic N) is 9. The minimum Gasteiger partial charge on any atom is -0.480 e. The lowest BCUT2D eigenvalue weighted by Gasteiger charge is -2.17. The molecule has 1 saturated heterocycles. The van der Waals surface area contributed by atoms with E-state index in [1.165, 1.54) is 4.68 Å². The molecule has 0 saturated carbocycles.